The van der Waals surface area contributed by atoms with Gasteiger partial charge in [0, 0.05) is 5.56 Å². The maximum atomic E-state index is 12.4. The van der Waals surface area contributed by atoms with Crippen LogP contribution >= 0.6 is 0 Å². The molecule has 23 heavy (non-hydrogen) atoms. The molecular formula is C14H16F3NO5. The second kappa shape index (κ2) is 6.76. The van der Waals surface area contributed by atoms with E-state index in [0.29, 0.717) is 0 Å². The lowest BCUT2D eigenvalue weighted by Crippen LogP contribution is -2.38. The molecule has 1 aromatic rings. The van der Waals surface area contributed by atoms with E-state index >= 15 is 0 Å². The molecule has 6 nitrogen and oxygen atoms in total. The highest BCUT2D eigenvalue weighted by molar-refractivity contribution is 5.82. The van der Waals surface area contributed by atoms with Gasteiger partial charge in [-0.1, -0.05) is 18.2 Å². The number of hydrogen-bond acceptors (Lipinski definition) is 4. The van der Waals surface area contributed by atoms with Crippen LogP contribution in [0.25, 0.3) is 0 Å². The third-order valence-electron chi connectivity index (χ3n) is 2.36. The SMILES string of the molecule is CC(C)(C)OC(=O)NC(C(=O)O)c1ccccc1OC(F)(F)F. The number of para-hydroxylation sites is 1. The summed E-state index contributed by atoms with van der Waals surface area (Å²) < 4.78 is 45.9. The fourth-order valence-electron chi connectivity index (χ4n) is 1.63. The van der Waals surface area contributed by atoms with Gasteiger partial charge in [0.25, 0.3) is 0 Å². The van der Waals surface area contributed by atoms with E-state index in [4.69, 9.17) is 4.74 Å². The van der Waals surface area contributed by atoms with Crippen LogP contribution < -0.4 is 10.1 Å². The van der Waals surface area contributed by atoms with Crippen molar-refractivity contribution in [1.29, 1.82) is 0 Å². The number of carbonyl (C=O) groups is 2. The first-order valence-electron chi connectivity index (χ1n) is 6.46. The lowest BCUT2D eigenvalue weighted by Gasteiger charge is -2.23. The Morgan fingerprint density at radius 1 is 1.17 bits per heavy atom. The van der Waals surface area contributed by atoms with Crippen molar-refractivity contribution in [2.45, 2.75) is 38.8 Å². The number of halogens is 3. The minimum atomic E-state index is -4.99. The van der Waals surface area contributed by atoms with E-state index in [1.807, 2.05) is 5.32 Å². The van der Waals surface area contributed by atoms with Crippen LogP contribution in [0, 0.1) is 0 Å². The molecule has 0 radical (unpaired) electrons. The summed E-state index contributed by atoms with van der Waals surface area (Å²) in [5.74, 6) is -2.28. The number of aliphatic carboxylic acids is 1. The standard InChI is InChI=1S/C14H16F3NO5/c1-13(2,3)23-12(21)18-10(11(19)20)8-6-4-5-7-9(8)22-14(15,16)17/h4-7,10H,1-3H3,(H,18,21)(H,19,20). The average Bonchev–Trinajstić information content (AvgIpc) is 2.32. The molecule has 0 aliphatic carbocycles. The van der Waals surface area contributed by atoms with E-state index < -0.39 is 35.8 Å². The number of carboxylic acid groups (broad SMARTS) is 1. The van der Waals surface area contributed by atoms with Gasteiger partial charge < -0.3 is 19.9 Å². The van der Waals surface area contributed by atoms with Crippen LogP contribution in [-0.4, -0.2) is 29.1 Å². The van der Waals surface area contributed by atoms with E-state index in [0.717, 1.165) is 12.1 Å². The van der Waals surface area contributed by atoms with Crippen molar-refractivity contribution in [2.24, 2.45) is 0 Å². The molecule has 1 atom stereocenters. The number of rotatable bonds is 4. The molecule has 1 rings (SSSR count). The van der Waals surface area contributed by atoms with Crippen molar-refractivity contribution in [3.8, 4) is 5.75 Å². The Morgan fingerprint density at radius 2 is 1.74 bits per heavy atom. The highest BCUT2D eigenvalue weighted by atomic mass is 19.4. The molecule has 0 saturated heterocycles. The lowest BCUT2D eigenvalue weighted by molar-refractivity contribution is -0.275. The molecule has 2 N–H and O–H groups in total. The molecule has 0 fully saturated rings. The molecule has 0 aliphatic rings. The van der Waals surface area contributed by atoms with E-state index in [9.17, 15) is 27.9 Å². The van der Waals surface area contributed by atoms with Gasteiger partial charge in [0.05, 0.1) is 0 Å². The maximum Gasteiger partial charge on any atom is 0.573 e. The fraction of sp³-hybridized carbons (Fsp3) is 0.429. The summed E-state index contributed by atoms with van der Waals surface area (Å²) in [6.07, 6.45) is -6.07. The summed E-state index contributed by atoms with van der Waals surface area (Å²) >= 11 is 0. The Morgan fingerprint density at radius 3 is 2.22 bits per heavy atom. The van der Waals surface area contributed by atoms with Crippen molar-refractivity contribution in [1.82, 2.24) is 5.32 Å². The van der Waals surface area contributed by atoms with E-state index in [1.165, 1.54) is 12.1 Å². The van der Waals surface area contributed by atoms with Crippen LogP contribution in [0.15, 0.2) is 24.3 Å². The molecule has 0 spiro atoms. The van der Waals surface area contributed by atoms with Gasteiger partial charge in [0.15, 0.2) is 6.04 Å². The molecule has 9 heteroatoms. The topological polar surface area (TPSA) is 84.9 Å². The van der Waals surface area contributed by atoms with Gasteiger partial charge in [-0.05, 0) is 26.8 Å². The summed E-state index contributed by atoms with van der Waals surface area (Å²) in [6, 6.07) is 2.87. The van der Waals surface area contributed by atoms with Gasteiger partial charge >= 0.3 is 18.4 Å². The second-order valence-electron chi connectivity index (χ2n) is 5.50. The normalized spacial score (nSPS) is 13.1. The Bertz CT molecular complexity index is 581. The van der Waals surface area contributed by atoms with Crippen LogP contribution in [-0.2, 0) is 9.53 Å². The maximum absolute atomic E-state index is 12.4. The molecule has 1 amide bonds. The van der Waals surface area contributed by atoms with Crippen LogP contribution in [0.5, 0.6) is 5.75 Å². The van der Waals surface area contributed by atoms with Crippen LogP contribution in [0.4, 0.5) is 18.0 Å². The van der Waals surface area contributed by atoms with Gasteiger partial charge in [0.1, 0.15) is 11.4 Å². The highest BCUT2D eigenvalue weighted by Crippen LogP contribution is 2.30. The quantitative estimate of drug-likeness (QED) is 0.882. The van der Waals surface area contributed by atoms with Crippen molar-refractivity contribution >= 4 is 12.1 Å². The number of carbonyl (C=O) groups excluding carboxylic acids is 1. The third kappa shape index (κ3) is 6.45. The van der Waals surface area contributed by atoms with Gasteiger partial charge in [-0.25, -0.2) is 9.59 Å². The zero-order chi connectivity index (χ0) is 17.8. The number of amides is 1. The number of alkyl halides is 3. The van der Waals surface area contributed by atoms with Crippen LogP contribution in [0.1, 0.15) is 32.4 Å². The van der Waals surface area contributed by atoms with Crippen LogP contribution in [0.2, 0.25) is 0 Å². The molecule has 0 bridgehead atoms. The smallest absolute Gasteiger partial charge is 0.479 e. The van der Waals surface area contributed by atoms with E-state index in [1.54, 1.807) is 20.8 Å². The molecule has 0 aliphatic heterocycles. The molecule has 0 heterocycles. The van der Waals surface area contributed by atoms with Gasteiger partial charge in [-0.2, -0.15) is 0 Å². The van der Waals surface area contributed by atoms with E-state index in [2.05, 4.69) is 4.74 Å². The first-order valence-corrected chi connectivity index (χ1v) is 6.46. The third-order valence-corrected chi connectivity index (χ3v) is 2.36. The Kier molecular flexibility index (Phi) is 5.46. The first kappa shape index (κ1) is 18.6. The molecule has 1 aromatic carbocycles. The largest absolute Gasteiger partial charge is 0.573 e. The van der Waals surface area contributed by atoms with Crippen LogP contribution in [0.3, 0.4) is 0 Å². The zero-order valence-electron chi connectivity index (χ0n) is 12.6. The van der Waals surface area contributed by atoms with Crippen molar-refractivity contribution in [2.75, 3.05) is 0 Å². The highest BCUT2D eigenvalue weighted by Gasteiger charge is 2.35. The number of ether oxygens (including phenoxy) is 2. The fourth-order valence-corrected chi connectivity index (χ4v) is 1.63. The summed E-state index contributed by atoms with van der Waals surface area (Å²) in [5, 5.41) is 11.2. The number of alkyl carbamates (subject to hydrolysis) is 1. The minimum absolute atomic E-state index is 0.358. The average molecular weight is 335 g/mol. The Balaban J connectivity index is 3.07. The number of benzene rings is 1. The minimum Gasteiger partial charge on any atom is -0.479 e. The predicted octanol–water partition coefficient (Wildman–Crippen LogP) is 3.24. The predicted molar refractivity (Wildman–Crippen MR) is 72.9 cm³/mol. The number of nitrogens with one attached hydrogen (secondary N) is 1. The summed E-state index contributed by atoms with van der Waals surface area (Å²) in [4.78, 5) is 23.0. The second-order valence-corrected chi connectivity index (χ2v) is 5.50. The first-order chi connectivity index (χ1) is 10.4. The summed E-state index contributed by atoms with van der Waals surface area (Å²) in [7, 11) is 0. The summed E-state index contributed by atoms with van der Waals surface area (Å²) in [6.45, 7) is 4.68. The summed E-state index contributed by atoms with van der Waals surface area (Å²) in [5.41, 5.74) is -1.25. The zero-order valence-corrected chi connectivity index (χ0v) is 12.6. The number of hydrogen-bond donors (Lipinski definition) is 2. The van der Waals surface area contributed by atoms with Gasteiger partial charge in [-0.3, -0.25) is 0 Å². The monoisotopic (exact) mass is 335 g/mol. The molecule has 128 valence electrons. The van der Waals surface area contributed by atoms with Crippen molar-refractivity contribution in [3.63, 3.8) is 0 Å². The van der Waals surface area contributed by atoms with E-state index in [-0.39, 0.29) is 5.56 Å². The molecule has 0 aromatic heterocycles. The van der Waals surface area contributed by atoms with Gasteiger partial charge in [0.2, 0.25) is 0 Å². The Hall–Kier alpha value is -2.45. The van der Waals surface area contributed by atoms with Crippen molar-refractivity contribution in [3.05, 3.63) is 29.8 Å². The molecule has 0 saturated carbocycles. The number of carboxylic acids is 1. The Labute approximate surface area is 130 Å². The van der Waals surface area contributed by atoms with Gasteiger partial charge in [-0.15, -0.1) is 13.2 Å². The molecule has 1 unspecified atom stereocenters. The molecular weight excluding hydrogens is 319 g/mol. The van der Waals surface area contributed by atoms with Crippen molar-refractivity contribution < 1.29 is 37.3 Å². The lowest BCUT2D eigenvalue weighted by atomic mass is 10.1.